The van der Waals surface area contributed by atoms with Gasteiger partial charge < -0.3 is 24.8 Å². The number of aliphatic carboxylic acids is 1. The topological polar surface area (TPSA) is 129 Å². The molecular formula is C46H56Cl2N4O7. The molecule has 2 aliphatic heterocycles. The van der Waals surface area contributed by atoms with E-state index in [0.717, 1.165) is 56.3 Å². The van der Waals surface area contributed by atoms with Crippen LogP contribution in [-0.4, -0.2) is 103 Å². The summed E-state index contributed by atoms with van der Waals surface area (Å²) in [7, 11) is 3.43. The van der Waals surface area contributed by atoms with Crippen molar-refractivity contribution in [3.63, 3.8) is 0 Å². The van der Waals surface area contributed by atoms with E-state index in [1.807, 2.05) is 35.2 Å². The molecular weight excluding hydrogens is 791 g/mol. The Morgan fingerprint density at radius 3 is 1.61 bits per heavy atom. The summed E-state index contributed by atoms with van der Waals surface area (Å²) in [5.74, 6) is 0.862. The van der Waals surface area contributed by atoms with Crippen LogP contribution in [0.25, 0.3) is 0 Å². The molecule has 2 aliphatic rings. The number of carbonyl (C=O) groups excluding carboxylic acids is 3. The number of halogens is 2. The number of para-hydroxylation sites is 2. The highest BCUT2D eigenvalue weighted by Crippen LogP contribution is 2.22. The lowest BCUT2D eigenvalue weighted by molar-refractivity contribution is -0.137. The minimum absolute atomic E-state index is 0.0519. The third-order valence-electron chi connectivity index (χ3n) is 10.0. The highest BCUT2D eigenvalue weighted by molar-refractivity contribution is 6.31. The molecule has 11 nitrogen and oxygen atoms in total. The van der Waals surface area contributed by atoms with Gasteiger partial charge in [0.05, 0.1) is 20.6 Å². The van der Waals surface area contributed by atoms with Crippen LogP contribution in [0.15, 0.2) is 97.1 Å². The Hall–Kier alpha value is -4.94. The Labute approximate surface area is 358 Å². The molecule has 59 heavy (non-hydrogen) atoms. The number of amides is 2. The van der Waals surface area contributed by atoms with E-state index in [9.17, 15) is 19.2 Å². The fourth-order valence-electron chi connectivity index (χ4n) is 6.75. The number of Topliss-reactive ketones (excluding diaryl/α,β-unsaturated/α-hetero) is 1. The Kier molecular flexibility index (Phi) is 20.2. The molecule has 0 unspecified atom stereocenters. The normalized spacial score (nSPS) is 14.1. The highest BCUT2D eigenvalue weighted by atomic mass is 35.5. The van der Waals surface area contributed by atoms with E-state index in [-0.39, 0.29) is 30.6 Å². The average molecular weight is 848 g/mol. The molecule has 4 aromatic carbocycles. The SMILES string of the molecule is COc1ccccc1CN1CCCCC1.COc1ccccc1CN1CCN(C(=O)CCCC(=O)c2ccc(Cl)cc2)CC1.O=C(O)CCNC(=O)c1ccc(Cl)cc1. The zero-order valence-corrected chi connectivity index (χ0v) is 35.6. The van der Waals surface area contributed by atoms with Crippen molar-refractivity contribution in [3.05, 3.63) is 129 Å². The molecule has 13 heteroatoms. The maximum atomic E-state index is 12.5. The van der Waals surface area contributed by atoms with Gasteiger partial charge in [0.15, 0.2) is 5.78 Å². The van der Waals surface area contributed by atoms with Crippen molar-refractivity contribution >= 4 is 46.8 Å². The molecule has 6 rings (SSSR count). The lowest BCUT2D eigenvalue weighted by Gasteiger charge is -2.35. The molecule has 0 radical (unpaired) electrons. The zero-order chi connectivity index (χ0) is 42.4. The number of ketones is 1. The van der Waals surface area contributed by atoms with Gasteiger partial charge in [-0.15, -0.1) is 0 Å². The number of rotatable bonds is 15. The van der Waals surface area contributed by atoms with Crippen LogP contribution in [0.2, 0.25) is 10.0 Å². The second kappa shape index (κ2) is 25.5. The van der Waals surface area contributed by atoms with Gasteiger partial charge in [0.1, 0.15) is 11.5 Å². The van der Waals surface area contributed by atoms with Crippen LogP contribution in [-0.2, 0) is 22.7 Å². The van der Waals surface area contributed by atoms with Crippen molar-refractivity contribution in [2.24, 2.45) is 0 Å². The second-order valence-corrected chi connectivity index (χ2v) is 15.2. The number of hydrogen-bond acceptors (Lipinski definition) is 8. The van der Waals surface area contributed by atoms with E-state index in [1.165, 1.54) is 37.9 Å². The van der Waals surface area contributed by atoms with Crippen LogP contribution in [0.3, 0.4) is 0 Å². The maximum Gasteiger partial charge on any atom is 0.305 e. The van der Waals surface area contributed by atoms with Crippen LogP contribution in [0.5, 0.6) is 11.5 Å². The van der Waals surface area contributed by atoms with Crippen LogP contribution >= 0.6 is 23.2 Å². The zero-order valence-electron chi connectivity index (χ0n) is 34.0. The molecule has 0 bridgehead atoms. The Morgan fingerprint density at radius 1 is 0.610 bits per heavy atom. The fraction of sp³-hybridized carbons (Fsp3) is 0.391. The van der Waals surface area contributed by atoms with E-state index in [4.69, 9.17) is 37.8 Å². The molecule has 2 heterocycles. The number of carboxylic acid groups (broad SMARTS) is 1. The molecule has 0 saturated carbocycles. The second-order valence-electron chi connectivity index (χ2n) is 14.3. The van der Waals surface area contributed by atoms with Gasteiger partial charge in [0.25, 0.3) is 5.91 Å². The van der Waals surface area contributed by atoms with E-state index in [2.05, 4.69) is 33.3 Å². The van der Waals surface area contributed by atoms with Crippen LogP contribution in [0, 0.1) is 0 Å². The number of methoxy groups -OCH3 is 2. The Bertz CT molecular complexity index is 1910. The molecule has 0 aliphatic carbocycles. The smallest absolute Gasteiger partial charge is 0.305 e. The first-order chi connectivity index (χ1) is 28.6. The number of ether oxygens (including phenoxy) is 2. The largest absolute Gasteiger partial charge is 0.496 e. The third kappa shape index (κ3) is 16.7. The number of nitrogens with zero attached hydrogens (tertiary/aromatic N) is 3. The molecule has 2 saturated heterocycles. The minimum Gasteiger partial charge on any atom is -0.496 e. The number of benzene rings is 4. The number of carboxylic acids is 1. The molecule has 2 amide bonds. The Morgan fingerprint density at radius 2 is 1.10 bits per heavy atom. The predicted octanol–water partition coefficient (Wildman–Crippen LogP) is 8.27. The number of piperidine rings is 1. The van der Waals surface area contributed by atoms with E-state index >= 15 is 0 Å². The van der Waals surface area contributed by atoms with Gasteiger partial charge in [-0.3, -0.25) is 29.0 Å². The number of hydrogen-bond donors (Lipinski definition) is 2. The summed E-state index contributed by atoms with van der Waals surface area (Å²) in [6.45, 7) is 7.57. The van der Waals surface area contributed by atoms with Crippen LogP contribution < -0.4 is 14.8 Å². The summed E-state index contributed by atoms with van der Waals surface area (Å²) < 4.78 is 10.8. The van der Waals surface area contributed by atoms with Crippen molar-refractivity contribution < 1.29 is 33.8 Å². The molecule has 2 fully saturated rings. The molecule has 4 aromatic rings. The average Bonchev–Trinajstić information content (AvgIpc) is 3.25. The van der Waals surface area contributed by atoms with Gasteiger partial charge in [0.2, 0.25) is 5.91 Å². The first kappa shape index (κ1) is 46.7. The van der Waals surface area contributed by atoms with Crippen LogP contribution in [0.1, 0.15) is 76.8 Å². The van der Waals surface area contributed by atoms with Gasteiger partial charge in [-0.05, 0) is 93.0 Å². The summed E-state index contributed by atoms with van der Waals surface area (Å²) in [4.78, 5) is 53.0. The first-order valence-electron chi connectivity index (χ1n) is 20.1. The van der Waals surface area contributed by atoms with Gasteiger partial charge in [0, 0.05) is 91.0 Å². The monoisotopic (exact) mass is 846 g/mol. The van der Waals surface area contributed by atoms with Crippen molar-refractivity contribution in [1.29, 1.82) is 0 Å². The number of likely N-dealkylation sites (tertiary alicyclic amines) is 1. The third-order valence-corrected chi connectivity index (χ3v) is 10.5. The van der Waals surface area contributed by atoms with Crippen molar-refractivity contribution in [1.82, 2.24) is 20.0 Å². The Balaban J connectivity index is 0.000000215. The van der Waals surface area contributed by atoms with E-state index in [1.54, 1.807) is 62.8 Å². The lowest BCUT2D eigenvalue weighted by atomic mass is 10.1. The van der Waals surface area contributed by atoms with Crippen molar-refractivity contribution in [2.45, 2.75) is 58.0 Å². The number of nitrogens with one attached hydrogen (secondary N) is 1. The molecule has 0 atom stereocenters. The maximum absolute atomic E-state index is 12.5. The first-order valence-corrected chi connectivity index (χ1v) is 20.8. The predicted molar refractivity (Wildman–Crippen MR) is 233 cm³/mol. The fourth-order valence-corrected chi connectivity index (χ4v) is 7.00. The quantitative estimate of drug-likeness (QED) is 0.114. The molecule has 2 N–H and O–H groups in total. The van der Waals surface area contributed by atoms with Crippen LogP contribution in [0.4, 0.5) is 0 Å². The van der Waals surface area contributed by atoms with Crippen molar-refractivity contribution in [3.8, 4) is 11.5 Å². The van der Waals surface area contributed by atoms with Gasteiger partial charge in [-0.25, -0.2) is 0 Å². The van der Waals surface area contributed by atoms with E-state index in [0.29, 0.717) is 40.4 Å². The summed E-state index contributed by atoms with van der Waals surface area (Å²) in [5, 5.41) is 12.0. The summed E-state index contributed by atoms with van der Waals surface area (Å²) >= 11 is 11.5. The minimum atomic E-state index is -0.939. The van der Waals surface area contributed by atoms with Gasteiger partial charge in [-0.2, -0.15) is 0 Å². The van der Waals surface area contributed by atoms with Gasteiger partial charge in [-0.1, -0.05) is 66.0 Å². The number of piperazine rings is 1. The highest BCUT2D eigenvalue weighted by Gasteiger charge is 2.22. The lowest BCUT2D eigenvalue weighted by Crippen LogP contribution is -2.48. The summed E-state index contributed by atoms with van der Waals surface area (Å²) in [6, 6.07) is 29.6. The molecule has 316 valence electrons. The standard InChI is InChI=1S/C23H27ClN2O3.C13H19NO.C10H10ClNO3/c1-29-22-7-3-2-5-19(22)17-25-13-15-26(16-14-25)23(28)8-4-6-21(27)18-9-11-20(24)12-10-18;1-15-13-8-4-3-7-12(13)11-14-9-5-2-6-10-14;11-8-3-1-7(2-4-8)10(15)12-6-5-9(13)14/h2-3,5,7,9-12H,4,6,8,13-17H2,1H3;3-4,7-8H,2,5-6,9-11H2,1H3;1-4H,5-6H2,(H,12,15)(H,13,14). The summed E-state index contributed by atoms with van der Waals surface area (Å²) in [6.07, 6.45) is 5.35. The number of carbonyl (C=O) groups is 4. The summed E-state index contributed by atoms with van der Waals surface area (Å²) in [5.41, 5.74) is 3.58. The van der Waals surface area contributed by atoms with Gasteiger partial charge >= 0.3 is 5.97 Å². The molecule has 0 spiro atoms. The molecule has 0 aromatic heterocycles. The van der Waals surface area contributed by atoms with Crippen molar-refractivity contribution in [2.75, 3.05) is 60.0 Å². The van der Waals surface area contributed by atoms with E-state index < -0.39 is 5.97 Å².